The second kappa shape index (κ2) is 5.91. The molecule has 1 aromatic heterocycles. The van der Waals surface area contributed by atoms with E-state index in [9.17, 15) is 4.79 Å². The summed E-state index contributed by atoms with van der Waals surface area (Å²) in [6, 6.07) is 3.07. The summed E-state index contributed by atoms with van der Waals surface area (Å²) in [6.07, 6.45) is -0.349. The van der Waals surface area contributed by atoms with Crippen LogP contribution in [0.1, 0.15) is 17.4 Å². The fraction of sp³-hybridized carbons (Fsp3) is 0.545. The Balaban J connectivity index is 2.12. The van der Waals surface area contributed by atoms with Gasteiger partial charge in [-0.05, 0) is 19.1 Å². The number of nitrogens with two attached hydrogens (primary N) is 1. The van der Waals surface area contributed by atoms with E-state index in [4.69, 9.17) is 15.7 Å². The summed E-state index contributed by atoms with van der Waals surface area (Å²) in [6.45, 7) is 2.51. The van der Waals surface area contributed by atoms with Gasteiger partial charge in [-0.2, -0.15) is 0 Å². The average molecular weight is 267 g/mol. The zero-order valence-electron chi connectivity index (χ0n) is 10.6. The van der Waals surface area contributed by atoms with Gasteiger partial charge in [-0.1, -0.05) is 0 Å². The number of rotatable bonds is 3. The van der Waals surface area contributed by atoms with Crippen molar-refractivity contribution >= 4 is 11.7 Å². The fourth-order valence-corrected chi connectivity index (χ4v) is 1.88. The van der Waals surface area contributed by atoms with Crippen LogP contribution in [0.5, 0.6) is 0 Å². The van der Waals surface area contributed by atoms with Crippen molar-refractivity contribution in [3.8, 4) is 0 Å². The molecule has 1 fully saturated rings. The van der Waals surface area contributed by atoms with Gasteiger partial charge in [-0.15, -0.1) is 10.2 Å². The van der Waals surface area contributed by atoms with Gasteiger partial charge >= 0.3 is 0 Å². The minimum atomic E-state index is -0.349. The van der Waals surface area contributed by atoms with E-state index in [1.54, 1.807) is 17.0 Å². The first-order valence-corrected chi connectivity index (χ1v) is 5.99. The third kappa shape index (κ3) is 2.98. The van der Waals surface area contributed by atoms with Crippen LogP contribution < -0.4 is 11.3 Å². The molecule has 1 saturated heterocycles. The lowest BCUT2D eigenvalue weighted by Gasteiger charge is -2.37. The van der Waals surface area contributed by atoms with Crippen molar-refractivity contribution in [1.29, 1.82) is 0 Å². The van der Waals surface area contributed by atoms with Crippen molar-refractivity contribution < 1.29 is 14.6 Å². The second-order valence-electron chi connectivity index (χ2n) is 4.39. The molecule has 104 valence electrons. The number of carbonyl (C=O) groups excluding carboxylic acids is 1. The minimum Gasteiger partial charge on any atom is -0.394 e. The highest BCUT2D eigenvalue weighted by molar-refractivity contribution is 5.92. The molecule has 0 spiro atoms. The van der Waals surface area contributed by atoms with Gasteiger partial charge in [0.15, 0.2) is 11.5 Å². The lowest BCUT2D eigenvalue weighted by molar-refractivity contribution is -0.0669. The zero-order chi connectivity index (χ0) is 13.8. The van der Waals surface area contributed by atoms with Crippen LogP contribution in [-0.4, -0.2) is 58.0 Å². The Morgan fingerprint density at radius 2 is 2.42 bits per heavy atom. The number of carbonyl (C=O) groups is 1. The third-order valence-electron chi connectivity index (χ3n) is 3.00. The van der Waals surface area contributed by atoms with Crippen LogP contribution in [0.25, 0.3) is 0 Å². The first-order chi connectivity index (χ1) is 9.15. The lowest BCUT2D eigenvalue weighted by Crippen LogP contribution is -2.52. The van der Waals surface area contributed by atoms with E-state index < -0.39 is 0 Å². The van der Waals surface area contributed by atoms with Crippen molar-refractivity contribution in [2.24, 2.45) is 5.84 Å². The van der Waals surface area contributed by atoms with Gasteiger partial charge in [0.2, 0.25) is 0 Å². The molecule has 0 aliphatic carbocycles. The molecule has 1 aromatic rings. The quantitative estimate of drug-likeness (QED) is 0.474. The van der Waals surface area contributed by atoms with Gasteiger partial charge in [-0.3, -0.25) is 4.79 Å². The van der Waals surface area contributed by atoms with Crippen LogP contribution in [0.3, 0.4) is 0 Å². The molecule has 4 N–H and O–H groups in total. The Hall–Kier alpha value is -1.77. The fourth-order valence-electron chi connectivity index (χ4n) is 1.88. The molecule has 1 amide bonds. The molecule has 2 atom stereocenters. The van der Waals surface area contributed by atoms with Crippen LogP contribution in [0.2, 0.25) is 0 Å². The molecule has 8 heteroatoms. The molecule has 0 radical (unpaired) electrons. The lowest BCUT2D eigenvalue weighted by atomic mass is 10.2. The van der Waals surface area contributed by atoms with Crippen molar-refractivity contribution in [2.75, 3.05) is 25.2 Å². The number of amides is 1. The summed E-state index contributed by atoms with van der Waals surface area (Å²) in [4.78, 5) is 13.9. The van der Waals surface area contributed by atoms with E-state index in [0.717, 1.165) is 0 Å². The van der Waals surface area contributed by atoms with Crippen LogP contribution >= 0.6 is 0 Å². The molecule has 0 bridgehead atoms. The van der Waals surface area contributed by atoms with Crippen LogP contribution in [0, 0.1) is 0 Å². The number of aromatic nitrogens is 2. The Labute approximate surface area is 110 Å². The molecule has 19 heavy (non-hydrogen) atoms. The molecule has 0 aromatic carbocycles. The predicted octanol–water partition coefficient (Wildman–Crippen LogP) is -1.02. The first kappa shape index (κ1) is 13.7. The van der Waals surface area contributed by atoms with E-state index in [-0.39, 0.29) is 30.4 Å². The first-order valence-electron chi connectivity index (χ1n) is 5.99. The Kier molecular flexibility index (Phi) is 4.25. The smallest absolute Gasteiger partial charge is 0.274 e. The maximum atomic E-state index is 12.3. The number of anilines is 1. The van der Waals surface area contributed by atoms with Gasteiger partial charge in [0.1, 0.15) is 0 Å². The summed E-state index contributed by atoms with van der Waals surface area (Å²) in [5.41, 5.74) is 2.59. The number of nitrogens with zero attached hydrogens (tertiary/aromatic N) is 3. The molecule has 2 heterocycles. The van der Waals surface area contributed by atoms with E-state index >= 15 is 0 Å². The Morgan fingerprint density at radius 1 is 1.63 bits per heavy atom. The predicted molar refractivity (Wildman–Crippen MR) is 67.2 cm³/mol. The van der Waals surface area contributed by atoms with Crippen LogP contribution in [0.15, 0.2) is 12.1 Å². The number of aliphatic hydroxyl groups is 1. The summed E-state index contributed by atoms with van der Waals surface area (Å²) in [7, 11) is 0. The molecular formula is C11H17N5O3. The summed E-state index contributed by atoms with van der Waals surface area (Å²) in [5, 5.41) is 16.7. The summed E-state index contributed by atoms with van der Waals surface area (Å²) < 4.78 is 5.39. The van der Waals surface area contributed by atoms with Crippen molar-refractivity contribution in [3.05, 3.63) is 17.8 Å². The number of hydrogen-bond donors (Lipinski definition) is 3. The van der Waals surface area contributed by atoms with Gasteiger partial charge in [0, 0.05) is 6.54 Å². The highest BCUT2D eigenvalue weighted by Gasteiger charge is 2.30. The van der Waals surface area contributed by atoms with E-state index in [1.165, 1.54) is 0 Å². The van der Waals surface area contributed by atoms with E-state index in [1.807, 2.05) is 6.92 Å². The van der Waals surface area contributed by atoms with Gasteiger partial charge in [0.05, 0.1) is 25.4 Å². The van der Waals surface area contributed by atoms with Crippen LogP contribution in [-0.2, 0) is 4.74 Å². The molecule has 8 nitrogen and oxygen atoms in total. The Bertz CT molecular complexity index is 438. The maximum absolute atomic E-state index is 12.3. The number of hydrazine groups is 1. The normalized spacial score (nSPS) is 23.2. The second-order valence-corrected chi connectivity index (χ2v) is 4.39. The molecule has 0 saturated carbocycles. The molecular weight excluding hydrogens is 250 g/mol. The Morgan fingerprint density at radius 3 is 3.00 bits per heavy atom. The van der Waals surface area contributed by atoms with Crippen molar-refractivity contribution in [3.63, 3.8) is 0 Å². The third-order valence-corrected chi connectivity index (χ3v) is 3.00. The van der Waals surface area contributed by atoms with Crippen molar-refractivity contribution in [1.82, 2.24) is 15.1 Å². The number of ether oxygens (including phenoxy) is 1. The van der Waals surface area contributed by atoms with Gasteiger partial charge < -0.3 is 20.2 Å². The molecule has 2 rings (SSSR count). The standard InChI is InChI=1S/C11H17N5O3/c1-7-6-19-8(5-17)4-16(7)11(18)9-2-3-10(13-12)15-14-9/h2-3,7-8,17H,4-6,12H2,1H3,(H,13,15). The summed E-state index contributed by atoms with van der Waals surface area (Å²) >= 11 is 0. The molecule has 1 aliphatic heterocycles. The highest BCUT2D eigenvalue weighted by Crippen LogP contribution is 2.14. The molecule has 1 aliphatic rings. The maximum Gasteiger partial charge on any atom is 0.274 e. The highest BCUT2D eigenvalue weighted by atomic mass is 16.5. The van der Waals surface area contributed by atoms with Crippen LogP contribution in [0.4, 0.5) is 5.82 Å². The SMILES string of the molecule is CC1COC(CO)CN1C(=O)c1ccc(NN)nn1. The number of hydrogen-bond acceptors (Lipinski definition) is 7. The van der Waals surface area contributed by atoms with Gasteiger partial charge in [0.25, 0.3) is 5.91 Å². The monoisotopic (exact) mass is 267 g/mol. The average Bonchev–Trinajstić information content (AvgIpc) is 2.47. The molecule has 2 unspecified atom stereocenters. The van der Waals surface area contributed by atoms with Crippen molar-refractivity contribution in [2.45, 2.75) is 19.1 Å². The van der Waals surface area contributed by atoms with E-state index in [2.05, 4.69) is 15.6 Å². The topological polar surface area (TPSA) is 114 Å². The van der Waals surface area contributed by atoms with Gasteiger partial charge in [-0.25, -0.2) is 5.84 Å². The van der Waals surface area contributed by atoms with E-state index in [0.29, 0.717) is 19.0 Å². The zero-order valence-corrected chi connectivity index (χ0v) is 10.6. The number of nitrogen functional groups attached to an aromatic ring is 1. The summed E-state index contributed by atoms with van der Waals surface area (Å²) in [5.74, 6) is 5.34. The number of nitrogens with one attached hydrogen (secondary N) is 1. The number of morpholine rings is 1. The largest absolute Gasteiger partial charge is 0.394 e. The number of aliphatic hydroxyl groups excluding tert-OH is 1. The minimum absolute atomic E-state index is 0.0654.